The van der Waals surface area contributed by atoms with Crippen LogP contribution in [0.3, 0.4) is 0 Å². The third-order valence-electron chi connectivity index (χ3n) is 5.75. The number of hydrogen-bond donors (Lipinski definition) is 0. The lowest BCUT2D eigenvalue weighted by Crippen LogP contribution is -2.50. The van der Waals surface area contributed by atoms with E-state index in [-0.39, 0.29) is 30.3 Å². The highest BCUT2D eigenvalue weighted by Crippen LogP contribution is 2.28. The molecule has 1 aliphatic heterocycles. The van der Waals surface area contributed by atoms with Gasteiger partial charge in [-0.15, -0.1) is 0 Å². The van der Waals surface area contributed by atoms with Gasteiger partial charge in [-0.25, -0.2) is 8.42 Å². The molecule has 0 aromatic heterocycles. The highest BCUT2D eigenvalue weighted by Gasteiger charge is 2.30. The van der Waals surface area contributed by atoms with Gasteiger partial charge in [0.1, 0.15) is 0 Å². The summed E-state index contributed by atoms with van der Waals surface area (Å²) < 4.78 is 38.2. The van der Waals surface area contributed by atoms with Crippen LogP contribution in [0.4, 0.5) is 0 Å². The Hall–Kier alpha value is -3.10. The highest BCUT2D eigenvalue weighted by molar-refractivity contribution is 7.89. The van der Waals surface area contributed by atoms with E-state index in [2.05, 4.69) is 0 Å². The third-order valence-corrected chi connectivity index (χ3v) is 7.65. The van der Waals surface area contributed by atoms with Crippen LogP contribution >= 0.6 is 0 Å². The Morgan fingerprint density at radius 1 is 0.844 bits per heavy atom. The maximum absolute atomic E-state index is 13.1. The standard InChI is InChI=1S/C24H26N2O5S/c1-30-22-10-7-18(15-23(22)31-2)16-24(27)25-11-13-26(14-12-25)32(28,29)21-9-8-19-5-3-4-6-20(19)17-21/h3-10,15,17H,11-14,16H2,1-2H3. The van der Waals surface area contributed by atoms with Crippen molar-refractivity contribution in [1.82, 2.24) is 9.21 Å². The van der Waals surface area contributed by atoms with E-state index >= 15 is 0 Å². The fourth-order valence-electron chi connectivity index (χ4n) is 3.93. The maximum atomic E-state index is 13.1. The fraction of sp³-hybridized carbons (Fsp3) is 0.292. The lowest BCUT2D eigenvalue weighted by atomic mass is 10.1. The van der Waals surface area contributed by atoms with Gasteiger partial charge in [0.2, 0.25) is 15.9 Å². The number of methoxy groups -OCH3 is 2. The lowest BCUT2D eigenvalue weighted by molar-refractivity contribution is -0.131. The minimum absolute atomic E-state index is 0.0417. The number of hydrogen-bond acceptors (Lipinski definition) is 5. The molecule has 4 rings (SSSR count). The van der Waals surface area contributed by atoms with Crippen molar-refractivity contribution in [1.29, 1.82) is 0 Å². The molecule has 0 aliphatic carbocycles. The summed E-state index contributed by atoms with van der Waals surface area (Å²) >= 11 is 0. The van der Waals surface area contributed by atoms with E-state index in [0.29, 0.717) is 24.6 Å². The Labute approximate surface area is 188 Å². The Morgan fingerprint density at radius 2 is 1.53 bits per heavy atom. The molecule has 8 heteroatoms. The molecule has 0 atom stereocenters. The van der Waals surface area contributed by atoms with Crippen molar-refractivity contribution in [3.8, 4) is 11.5 Å². The van der Waals surface area contributed by atoms with Gasteiger partial charge in [-0.2, -0.15) is 4.31 Å². The van der Waals surface area contributed by atoms with Crippen molar-refractivity contribution >= 4 is 26.7 Å². The molecule has 1 aliphatic rings. The minimum Gasteiger partial charge on any atom is -0.493 e. The first-order valence-electron chi connectivity index (χ1n) is 10.4. The minimum atomic E-state index is -3.61. The van der Waals surface area contributed by atoms with Crippen LogP contribution in [-0.4, -0.2) is 63.9 Å². The molecule has 1 fully saturated rings. The van der Waals surface area contributed by atoms with Gasteiger partial charge < -0.3 is 14.4 Å². The molecule has 3 aromatic rings. The zero-order valence-corrected chi connectivity index (χ0v) is 19.0. The first-order valence-corrected chi connectivity index (χ1v) is 11.8. The van der Waals surface area contributed by atoms with Gasteiger partial charge >= 0.3 is 0 Å². The van der Waals surface area contributed by atoms with Crippen LogP contribution in [0.2, 0.25) is 0 Å². The van der Waals surface area contributed by atoms with Crippen LogP contribution in [-0.2, 0) is 21.2 Å². The molecule has 0 unspecified atom stereocenters. The number of benzene rings is 3. The molecular weight excluding hydrogens is 428 g/mol. The zero-order valence-electron chi connectivity index (χ0n) is 18.2. The average Bonchev–Trinajstić information content (AvgIpc) is 2.83. The number of sulfonamides is 1. The first kappa shape index (κ1) is 22.1. The van der Waals surface area contributed by atoms with Gasteiger partial charge in [0.15, 0.2) is 11.5 Å². The molecule has 0 radical (unpaired) electrons. The number of rotatable bonds is 6. The summed E-state index contributed by atoms with van der Waals surface area (Å²) in [5.74, 6) is 1.14. The van der Waals surface area contributed by atoms with Crippen LogP contribution in [0.5, 0.6) is 11.5 Å². The van der Waals surface area contributed by atoms with Gasteiger partial charge in [-0.1, -0.05) is 36.4 Å². The number of amides is 1. The molecule has 1 saturated heterocycles. The van der Waals surface area contributed by atoms with Gasteiger partial charge in [0.25, 0.3) is 0 Å². The molecule has 0 spiro atoms. The second-order valence-corrected chi connectivity index (χ2v) is 9.60. The van der Waals surface area contributed by atoms with Crippen LogP contribution in [0.25, 0.3) is 10.8 Å². The fourth-order valence-corrected chi connectivity index (χ4v) is 5.39. The van der Waals surface area contributed by atoms with Crippen molar-refractivity contribution < 1.29 is 22.7 Å². The number of ether oxygens (including phenoxy) is 2. The van der Waals surface area contributed by atoms with Crippen molar-refractivity contribution in [2.45, 2.75) is 11.3 Å². The molecular formula is C24H26N2O5S. The van der Waals surface area contributed by atoms with E-state index in [9.17, 15) is 13.2 Å². The molecule has 0 bridgehead atoms. The van der Waals surface area contributed by atoms with Crippen LogP contribution in [0.15, 0.2) is 65.6 Å². The topological polar surface area (TPSA) is 76.2 Å². The predicted octanol–water partition coefficient (Wildman–Crippen LogP) is 2.93. The summed E-state index contributed by atoms with van der Waals surface area (Å²) in [7, 11) is -0.495. The molecule has 1 amide bonds. The van der Waals surface area contributed by atoms with Crippen LogP contribution in [0, 0.1) is 0 Å². The number of piperazine rings is 1. The summed E-state index contributed by atoms with van der Waals surface area (Å²) in [5, 5.41) is 1.88. The summed E-state index contributed by atoms with van der Waals surface area (Å²) in [5.41, 5.74) is 0.818. The van der Waals surface area contributed by atoms with Gasteiger partial charge in [0, 0.05) is 26.2 Å². The summed E-state index contributed by atoms with van der Waals surface area (Å²) in [6.45, 7) is 1.26. The Kier molecular flexibility index (Phi) is 6.34. The van der Waals surface area contributed by atoms with Crippen molar-refractivity contribution in [2.75, 3.05) is 40.4 Å². The largest absolute Gasteiger partial charge is 0.493 e. The number of nitrogens with zero attached hydrogens (tertiary/aromatic N) is 2. The first-order chi connectivity index (χ1) is 15.4. The predicted molar refractivity (Wildman–Crippen MR) is 123 cm³/mol. The van der Waals surface area contributed by atoms with Gasteiger partial charge in [0.05, 0.1) is 25.5 Å². The van der Waals surface area contributed by atoms with E-state index in [0.717, 1.165) is 16.3 Å². The van der Waals surface area contributed by atoms with Gasteiger partial charge in [-0.3, -0.25) is 4.79 Å². The number of fused-ring (bicyclic) bond motifs is 1. The van der Waals surface area contributed by atoms with E-state index in [1.54, 1.807) is 43.4 Å². The monoisotopic (exact) mass is 454 g/mol. The molecule has 0 N–H and O–H groups in total. The van der Waals surface area contributed by atoms with E-state index in [4.69, 9.17) is 9.47 Å². The van der Waals surface area contributed by atoms with E-state index < -0.39 is 10.0 Å². The van der Waals surface area contributed by atoms with Crippen molar-refractivity contribution in [2.24, 2.45) is 0 Å². The Morgan fingerprint density at radius 3 is 2.22 bits per heavy atom. The molecule has 32 heavy (non-hydrogen) atoms. The Balaban J connectivity index is 1.41. The normalized spacial score (nSPS) is 15.0. The smallest absolute Gasteiger partial charge is 0.243 e. The number of carbonyl (C=O) groups is 1. The maximum Gasteiger partial charge on any atom is 0.243 e. The zero-order chi connectivity index (χ0) is 22.7. The molecule has 168 valence electrons. The second-order valence-electron chi connectivity index (χ2n) is 7.66. The van der Waals surface area contributed by atoms with Crippen LogP contribution in [0.1, 0.15) is 5.56 Å². The summed E-state index contributed by atoms with van der Waals surface area (Å²) in [6, 6.07) is 18.2. The SMILES string of the molecule is COc1ccc(CC(=O)N2CCN(S(=O)(=O)c3ccc4ccccc4c3)CC2)cc1OC. The van der Waals surface area contributed by atoms with E-state index in [1.165, 1.54) is 4.31 Å². The second kappa shape index (κ2) is 9.18. The van der Waals surface area contributed by atoms with E-state index in [1.807, 2.05) is 36.4 Å². The number of carbonyl (C=O) groups excluding carboxylic acids is 1. The molecule has 7 nitrogen and oxygen atoms in total. The molecule has 0 saturated carbocycles. The highest BCUT2D eigenvalue weighted by atomic mass is 32.2. The Bertz CT molecular complexity index is 1230. The quantitative estimate of drug-likeness (QED) is 0.573. The van der Waals surface area contributed by atoms with Crippen molar-refractivity contribution in [3.63, 3.8) is 0 Å². The summed E-state index contributed by atoms with van der Waals surface area (Å²) in [4.78, 5) is 14.8. The lowest BCUT2D eigenvalue weighted by Gasteiger charge is -2.34. The van der Waals surface area contributed by atoms with Gasteiger partial charge in [-0.05, 0) is 40.6 Å². The summed E-state index contributed by atoms with van der Waals surface area (Å²) in [6.07, 6.45) is 0.220. The third kappa shape index (κ3) is 4.42. The average molecular weight is 455 g/mol. The van der Waals surface area contributed by atoms with Crippen molar-refractivity contribution in [3.05, 3.63) is 66.2 Å². The molecule has 3 aromatic carbocycles. The molecule has 1 heterocycles. The van der Waals surface area contributed by atoms with Crippen LogP contribution < -0.4 is 9.47 Å².